The minimum Gasteiger partial charge on any atom is -0.388 e. The van der Waals surface area contributed by atoms with Gasteiger partial charge in [0, 0.05) is 32.3 Å². The molecule has 9 heteroatoms. The number of non-ortho nitro benzene ring substituents is 1. The quantitative estimate of drug-likeness (QED) is 0.339. The number of rotatable bonds is 8. The molecule has 1 N–H and O–H groups in total. The Morgan fingerprint density at radius 1 is 1.54 bits per heavy atom. The van der Waals surface area contributed by atoms with E-state index in [0.29, 0.717) is 30.4 Å². The number of nitro groups is 1. The minimum atomic E-state index is -0.413. The third-order valence-corrected chi connectivity index (χ3v) is 4.01. The summed E-state index contributed by atoms with van der Waals surface area (Å²) in [6.07, 6.45) is 1.75. The smallest absolute Gasteiger partial charge is 0.269 e. The second kappa shape index (κ2) is 7.95. The first-order valence-corrected chi connectivity index (χ1v) is 7.67. The van der Waals surface area contributed by atoms with Gasteiger partial charge in [-0.05, 0) is 17.8 Å². The van der Waals surface area contributed by atoms with Gasteiger partial charge in [0.2, 0.25) is 0 Å². The number of nitro benzene ring substituents is 1. The van der Waals surface area contributed by atoms with Gasteiger partial charge in [0.05, 0.1) is 11.6 Å². The van der Waals surface area contributed by atoms with Crippen LogP contribution in [0.4, 0.5) is 5.69 Å². The fourth-order valence-corrected chi connectivity index (χ4v) is 2.54. The molecule has 0 aliphatic rings. The van der Waals surface area contributed by atoms with Crippen LogP contribution in [0.5, 0.6) is 0 Å². The molecule has 1 heterocycles. The van der Waals surface area contributed by atoms with Crippen LogP contribution in [0.15, 0.2) is 36.9 Å². The molecule has 0 saturated carbocycles. The molecule has 0 amide bonds. The van der Waals surface area contributed by atoms with Crippen LogP contribution in [0, 0.1) is 14.9 Å². The topological polar surface area (TPSA) is 89.4 Å². The summed E-state index contributed by atoms with van der Waals surface area (Å²) in [4.78, 5) is 12.5. The van der Waals surface area contributed by atoms with E-state index in [1.807, 2.05) is 11.0 Å². The molecule has 0 bridgehead atoms. The van der Waals surface area contributed by atoms with Crippen molar-refractivity contribution in [3.8, 4) is 0 Å². The summed E-state index contributed by atoms with van der Waals surface area (Å²) >= 11 is 5.31. The first-order valence-electron chi connectivity index (χ1n) is 7.26. The van der Waals surface area contributed by atoms with E-state index in [-0.39, 0.29) is 12.3 Å². The second-order valence-corrected chi connectivity index (χ2v) is 5.65. The molecule has 0 unspecified atom stereocenters. The molecule has 0 spiro atoms. The highest BCUT2D eigenvalue weighted by atomic mass is 32.1. The largest absolute Gasteiger partial charge is 0.388 e. The Kier molecular flexibility index (Phi) is 5.96. The van der Waals surface area contributed by atoms with Gasteiger partial charge in [0.1, 0.15) is 6.61 Å². The van der Waals surface area contributed by atoms with E-state index in [1.165, 1.54) is 6.07 Å². The lowest BCUT2D eigenvalue weighted by molar-refractivity contribution is -0.384. The molecule has 8 nitrogen and oxygen atoms in total. The lowest BCUT2D eigenvalue weighted by atomic mass is 10.2. The second-order valence-electron chi connectivity index (χ2n) is 5.28. The van der Waals surface area contributed by atoms with Crippen molar-refractivity contribution in [1.82, 2.24) is 19.2 Å². The first-order chi connectivity index (χ1) is 11.5. The molecule has 0 aliphatic carbocycles. The van der Waals surface area contributed by atoms with Gasteiger partial charge in [-0.25, -0.2) is 4.68 Å². The predicted octanol–water partition coefficient (Wildman–Crippen LogP) is 2.00. The predicted molar refractivity (Wildman–Crippen MR) is 91.7 cm³/mol. The van der Waals surface area contributed by atoms with Crippen molar-refractivity contribution in [2.45, 2.75) is 19.8 Å². The normalized spacial score (nSPS) is 11.0. The van der Waals surface area contributed by atoms with E-state index in [9.17, 15) is 15.2 Å². The number of nitrogens with zero attached hydrogens (tertiary/aromatic N) is 5. The fourth-order valence-electron chi connectivity index (χ4n) is 2.33. The van der Waals surface area contributed by atoms with Crippen molar-refractivity contribution in [2.75, 3.05) is 6.54 Å². The Morgan fingerprint density at radius 2 is 2.29 bits per heavy atom. The zero-order valence-corrected chi connectivity index (χ0v) is 14.1. The number of benzene rings is 1. The molecule has 1 aromatic heterocycles. The molecule has 0 radical (unpaired) electrons. The minimum absolute atomic E-state index is 0.0584. The SMILES string of the molecule is C=CCN(Cc1cccc([N+](=O)[O-])c1)Cn1nc(CO)n(C)c1=S. The third kappa shape index (κ3) is 4.13. The van der Waals surface area contributed by atoms with E-state index < -0.39 is 4.92 Å². The zero-order chi connectivity index (χ0) is 17.7. The number of aliphatic hydroxyl groups is 1. The van der Waals surface area contributed by atoms with Crippen LogP contribution in [0.2, 0.25) is 0 Å². The highest BCUT2D eigenvalue weighted by molar-refractivity contribution is 7.71. The Labute approximate surface area is 144 Å². The summed E-state index contributed by atoms with van der Waals surface area (Å²) in [6, 6.07) is 6.51. The molecule has 0 fully saturated rings. The van der Waals surface area contributed by atoms with Gasteiger partial charge < -0.3 is 9.67 Å². The maximum atomic E-state index is 10.9. The van der Waals surface area contributed by atoms with Gasteiger partial charge in [-0.2, -0.15) is 5.10 Å². The Bertz CT molecular complexity index is 799. The monoisotopic (exact) mass is 349 g/mol. The zero-order valence-electron chi connectivity index (χ0n) is 13.3. The van der Waals surface area contributed by atoms with Crippen LogP contribution in [0.1, 0.15) is 11.4 Å². The molecular formula is C15H19N5O3S. The summed E-state index contributed by atoms with van der Waals surface area (Å²) < 4.78 is 3.75. The average Bonchev–Trinajstić information content (AvgIpc) is 2.83. The fraction of sp³-hybridized carbons (Fsp3) is 0.333. The van der Waals surface area contributed by atoms with E-state index in [0.717, 1.165) is 5.56 Å². The summed E-state index contributed by atoms with van der Waals surface area (Å²) in [5.74, 6) is 0.480. The van der Waals surface area contributed by atoms with Crippen molar-refractivity contribution in [1.29, 1.82) is 0 Å². The van der Waals surface area contributed by atoms with Crippen molar-refractivity contribution >= 4 is 17.9 Å². The van der Waals surface area contributed by atoms with E-state index in [2.05, 4.69) is 11.7 Å². The highest BCUT2D eigenvalue weighted by Gasteiger charge is 2.12. The summed E-state index contributed by atoms with van der Waals surface area (Å²) in [5.41, 5.74) is 0.874. The number of aromatic nitrogens is 3. The highest BCUT2D eigenvalue weighted by Crippen LogP contribution is 2.15. The van der Waals surface area contributed by atoms with Gasteiger partial charge in [-0.1, -0.05) is 18.2 Å². The van der Waals surface area contributed by atoms with Gasteiger partial charge in [0.25, 0.3) is 5.69 Å². The first kappa shape index (κ1) is 18.0. The van der Waals surface area contributed by atoms with Crippen LogP contribution < -0.4 is 0 Å². The van der Waals surface area contributed by atoms with E-state index in [1.54, 1.807) is 34.5 Å². The van der Waals surface area contributed by atoms with Gasteiger partial charge in [-0.15, -0.1) is 6.58 Å². The van der Waals surface area contributed by atoms with E-state index in [4.69, 9.17) is 12.2 Å². The van der Waals surface area contributed by atoms with Crippen molar-refractivity contribution < 1.29 is 10.0 Å². The average molecular weight is 349 g/mol. The Morgan fingerprint density at radius 3 is 2.88 bits per heavy atom. The molecule has 2 rings (SSSR count). The maximum Gasteiger partial charge on any atom is 0.269 e. The van der Waals surface area contributed by atoms with E-state index >= 15 is 0 Å². The van der Waals surface area contributed by atoms with Gasteiger partial charge in [0.15, 0.2) is 10.6 Å². The molecular weight excluding hydrogens is 330 g/mol. The maximum absolute atomic E-state index is 10.9. The molecule has 0 saturated heterocycles. The molecule has 0 aliphatic heterocycles. The van der Waals surface area contributed by atoms with Crippen LogP contribution in [-0.4, -0.2) is 35.8 Å². The van der Waals surface area contributed by atoms with Crippen molar-refractivity contribution in [2.24, 2.45) is 7.05 Å². The number of aliphatic hydroxyl groups excluding tert-OH is 1. The Balaban J connectivity index is 2.21. The lowest BCUT2D eigenvalue weighted by Crippen LogP contribution is -2.27. The van der Waals surface area contributed by atoms with Crippen molar-refractivity contribution in [3.05, 3.63) is 63.2 Å². The van der Waals surface area contributed by atoms with Crippen molar-refractivity contribution in [3.63, 3.8) is 0 Å². The molecule has 1 aromatic carbocycles. The van der Waals surface area contributed by atoms with Crippen LogP contribution in [0.3, 0.4) is 0 Å². The number of hydrogen-bond acceptors (Lipinski definition) is 6. The standard InChI is InChI=1S/C15H19N5O3S/c1-3-7-18(9-12-5-4-6-13(8-12)20(22)23)11-19-15(24)17(2)14(10-21)16-19/h3-6,8,21H,1,7,9-11H2,2H3. The van der Waals surface area contributed by atoms with Gasteiger partial charge in [-0.3, -0.25) is 15.0 Å². The van der Waals surface area contributed by atoms with Crippen LogP contribution in [-0.2, 0) is 26.9 Å². The third-order valence-electron chi connectivity index (χ3n) is 3.52. The summed E-state index contributed by atoms with van der Waals surface area (Å²) in [6.45, 7) is 4.99. The summed E-state index contributed by atoms with van der Waals surface area (Å²) in [7, 11) is 1.75. The molecule has 128 valence electrons. The van der Waals surface area contributed by atoms with Crippen LogP contribution >= 0.6 is 12.2 Å². The summed E-state index contributed by atoms with van der Waals surface area (Å²) in [5, 5.41) is 24.4. The Hall–Kier alpha value is -2.36. The lowest BCUT2D eigenvalue weighted by Gasteiger charge is -2.20. The van der Waals surface area contributed by atoms with Gasteiger partial charge >= 0.3 is 0 Å². The molecule has 2 aromatic rings. The van der Waals surface area contributed by atoms with Crippen LogP contribution in [0.25, 0.3) is 0 Å². The molecule has 24 heavy (non-hydrogen) atoms. The number of hydrogen-bond donors (Lipinski definition) is 1. The molecule has 0 atom stereocenters.